The van der Waals surface area contributed by atoms with Gasteiger partial charge in [-0.05, 0) is 78.9 Å². The zero-order valence-corrected chi connectivity index (χ0v) is 26.1. The monoisotopic (exact) mass is 670 g/mol. The van der Waals surface area contributed by atoms with Gasteiger partial charge in [-0.15, -0.1) is 0 Å². The highest BCUT2D eigenvalue weighted by molar-refractivity contribution is 7.92. The zero-order valence-electron chi connectivity index (χ0n) is 25.3. The lowest BCUT2D eigenvalue weighted by atomic mass is 9.92. The van der Waals surface area contributed by atoms with E-state index in [0.29, 0.717) is 12.8 Å². The SMILES string of the molecule is COc1cc([C@H](Nc2cc(C(N)=O)ccc2F)C(=O)N2CC[C@H](C(=O)O)[C@@H]2c2cc(NC(C)=O)ccc2S(=O)(=O)C2CC2)ccc1F. The number of carboxylic acids is 1. The number of nitrogens with one attached hydrogen (secondary N) is 2. The van der Waals surface area contributed by atoms with Crippen LogP contribution in [0.5, 0.6) is 5.75 Å². The van der Waals surface area contributed by atoms with Gasteiger partial charge in [0, 0.05) is 24.7 Å². The second-order valence-electron chi connectivity index (χ2n) is 11.4. The maximum absolute atomic E-state index is 15.1. The molecule has 47 heavy (non-hydrogen) atoms. The molecule has 0 unspecified atom stereocenters. The van der Waals surface area contributed by atoms with E-state index in [4.69, 9.17) is 10.5 Å². The third-order valence-corrected chi connectivity index (χ3v) is 10.6. The number of likely N-dealkylation sites (tertiary alicyclic amines) is 1. The summed E-state index contributed by atoms with van der Waals surface area (Å²) in [4.78, 5) is 51.9. The number of carbonyl (C=O) groups excluding carboxylic acids is 3. The van der Waals surface area contributed by atoms with Crippen molar-refractivity contribution >= 4 is 44.9 Å². The van der Waals surface area contributed by atoms with Gasteiger partial charge in [0.25, 0.3) is 0 Å². The number of aliphatic carboxylic acids is 1. The van der Waals surface area contributed by atoms with Crippen molar-refractivity contribution < 1.29 is 46.2 Å². The Labute approximate surface area is 268 Å². The number of benzene rings is 3. The first-order valence-electron chi connectivity index (χ1n) is 14.6. The predicted octanol–water partition coefficient (Wildman–Crippen LogP) is 3.79. The van der Waals surface area contributed by atoms with Crippen molar-refractivity contribution in [1.29, 1.82) is 0 Å². The summed E-state index contributed by atoms with van der Waals surface area (Å²) in [5.74, 6) is -6.55. The molecule has 2 fully saturated rings. The predicted molar refractivity (Wildman–Crippen MR) is 165 cm³/mol. The molecule has 1 heterocycles. The maximum atomic E-state index is 15.1. The lowest BCUT2D eigenvalue weighted by molar-refractivity contribution is -0.143. The smallest absolute Gasteiger partial charge is 0.309 e. The molecule has 1 aliphatic heterocycles. The Morgan fingerprint density at radius 1 is 1.00 bits per heavy atom. The van der Waals surface area contributed by atoms with Crippen LogP contribution in [0.25, 0.3) is 0 Å². The van der Waals surface area contributed by atoms with Crippen LogP contribution >= 0.6 is 0 Å². The molecule has 0 radical (unpaired) electrons. The van der Waals surface area contributed by atoms with Crippen LogP contribution in [0.3, 0.4) is 0 Å². The number of rotatable bonds is 11. The molecule has 0 aromatic heterocycles. The van der Waals surface area contributed by atoms with Crippen molar-refractivity contribution in [2.75, 3.05) is 24.3 Å². The number of hydrogen-bond donors (Lipinski definition) is 4. The van der Waals surface area contributed by atoms with Crippen molar-refractivity contribution in [3.63, 3.8) is 0 Å². The van der Waals surface area contributed by atoms with E-state index >= 15 is 4.39 Å². The number of carboxylic acid groups (broad SMARTS) is 1. The van der Waals surface area contributed by atoms with E-state index in [0.717, 1.165) is 24.3 Å². The van der Waals surface area contributed by atoms with Gasteiger partial charge in [-0.25, -0.2) is 17.2 Å². The van der Waals surface area contributed by atoms with Gasteiger partial charge in [0.15, 0.2) is 21.4 Å². The fourth-order valence-electron chi connectivity index (χ4n) is 5.81. The van der Waals surface area contributed by atoms with Crippen molar-refractivity contribution in [3.05, 3.63) is 82.9 Å². The third-order valence-electron chi connectivity index (χ3n) is 8.22. The number of sulfone groups is 1. The van der Waals surface area contributed by atoms with Crippen LogP contribution in [0, 0.1) is 17.6 Å². The molecular formula is C32H32F2N4O8S. The first kappa shape index (κ1) is 33.3. The number of nitrogens with zero attached hydrogens (tertiary/aromatic N) is 1. The molecule has 3 aromatic carbocycles. The molecule has 1 aliphatic carbocycles. The van der Waals surface area contributed by atoms with E-state index in [-0.39, 0.29) is 51.7 Å². The van der Waals surface area contributed by atoms with E-state index in [1.807, 2.05) is 0 Å². The Hall–Kier alpha value is -5.05. The van der Waals surface area contributed by atoms with Crippen molar-refractivity contribution in [2.45, 2.75) is 48.4 Å². The summed E-state index contributed by atoms with van der Waals surface area (Å²) >= 11 is 0. The largest absolute Gasteiger partial charge is 0.494 e. The van der Waals surface area contributed by atoms with Gasteiger partial charge in [0.05, 0.1) is 34.9 Å². The fraction of sp³-hybridized carbons (Fsp3) is 0.312. The first-order valence-corrected chi connectivity index (χ1v) is 16.2. The lowest BCUT2D eigenvalue weighted by Crippen LogP contribution is -2.40. The number of carbonyl (C=O) groups is 4. The van der Waals surface area contributed by atoms with Crippen LogP contribution in [-0.4, -0.2) is 61.0 Å². The molecule has 3 atom stereocenters. The zero-order chi connectivity index (χ0) is 34.2. The first-order chi connectivity index (χ1) is 22.2. The molecule has 0 bridgehead atoms. The molecule has 248 valence electrons. The normalized spacial score (nSPS) is 18.3. The molecule has 5 rings (SSSR count). The van der Waals surface area contributed by atoms with Gasteiger partial charge in [0.2, 0.25) is 17.7 Å². The summed E-state index contributed by atoms with van der Waals surface area (Å²) in [5.41, 5.74) is 5.27. The molecule has 1 saturated carbocycles. The molecular weight excluding hydrogens is 638 g/mol. The second kappa shape index (κ2) is 13.0. The van der Waals surface area contributed by atoms with Gasteiger partial charge in [-0.3, -0.25) is 19.2 Å². The van der Waals surface area contributed by atoms with Crippen LogP contribution in [-0.2, 0) is 24.2 Å². The van der Waals surface area contributed by atoms with E-state index in [1.54, 1.807) is 0 Å². The Morgan fingerprint density at radius 2 is 1.70 bits per heavy atom. The van der Waals surface area contributed by atoms with Crippen molar-refractivity contribution in [1.82, 2.24) is 4.90 Å². The van der Waals surface area contributed by atoms with E-state index < -0.39 is 68.4 Å². The van der Waals surface area contributed by atoms with Crippen LogP contribution in [0.1, 0.15) is 59.8 Å². The molecule has 3 amide bonds. The highest BCUT2D eigenvalue weighted by Gasteiger charge is 2.47. The summed E-state index contributed by atoms with van der Waals surface area (Å²) < 4.78 is 61.8. The second-order valence-corrected chi connectivity index (χ2v) is 13.6. The van der Waals surface area contributed by atoms with Crippen LogP contribution < -0.4 is 21.1 Å². The number of ether oxygens (including phenoxy) is 1. The fourth-order valence-corrected chi connectivity index (χ4v) is 7.70. The Kier molecular flexibility index (Phi) is 9.20. The summed E-state index contributed by atoms with van der Waals surface area (Å²) in [5, 5.41) is 14.9. The maximum Gasteiger partial charge on any atom is 0.309 e. The molecule has 5 N–H and O–H groups in total. The summed E-state index contributed by atoms with van der Waals surface area (Å²) in [7, 11) is -2.73. The van der Waals surface area contributed by atoms with Gasteiger partial charge in [-0.1, -0.05) is 6.07 Å². The Bertz CT molecular complexity index is 1880. The highest BCUT2D eigenvalue weighted by Crippen LogP contribution is 2.45. The van der Waals surface area contributed by atoms with Crippen molar-refractivity contribution in [2.24, 2.45) is 11.7 Å². The number of primary amides is 1. The molecule has 2 aliphatic rings. The molecule has 15 heteroatoms. The van der Waals surface area contributed by atoms with Crippen LogP contribution in [0.15, 0.2) is 59.5 Å². The van der Waals surface area contributed by atoms with E-state index in [2.05, 4.69) is 10.6 Å². The van der Waals surface area contributed by atoms with Gasteiger partial charge < -0.3 is 31.1 Å². The molecule has 12 nitrogen and oxygen atoms in total. The standard InChI is InChI=1S/C32H32F2N4O8S/c1-16(39)36-19-5-10-27(47(44,45)20-6-7-20)22(15-19)29-21(32(42)43)11-12-38(29)31(41)28(17-3-9-24(34)26(14-17)46-2)37-25-13-18(30(35)40)4-8-23(25)33/h3-5,8-10,13-15,20-21,28-29,37H,6-7,11-12H2,1-2H3,(H2,35,40)(H,36,39)(H,42,43)/t21-,28-,29+/m0/s1. The van der Waals surface area contributed by atoms with Gasteiger partial charge in [0.1, 0.15) is 11.9 Å². The molecule has 3 aromatic rings. The van der Waals surface area contributed by atoms with Crippen LogP contribution in [0.4, 0.5) is 20.2 Å². The number of amides is 3. The molecule has 1 saturated heterocycles. The highest BCUT2D eigenvalue weighted by atomic mass is 32.2. The minimum absolute atomic E-state index is 0.00116. The summed E-state index contributed by atoms with van der Waals surface area (Å²) in [6, 6.07) is 7.88. The van der Waals surface area contributed by atoms with Crippen molar-refractivity contribution in [3.8, 4) is 5.75 Å². The number of hydrogen-bond acceptors (Lipinski definition) is 8. The average Bonchev–Trinajstić information content (AvgIpc) is 3.79. The average molecular weight is 671 g/mol. The third kappa shape index (κ3) is 6.75. The summed E-state index contributed by atoms with van der Waals surface area (Å²) in [6.45, 7) is 1.10. The number of halogens is 2. The Balaban J connectivity index is 1.67. The van der Waals surface area contributed by atoms with Gasteiger partial charge >= 0.3 is 5.97 Å². The lowest BCUT2D eigenvalue weighted by Gasteiger charge is -2.33. The topological polar surface area (TPSA) is 185 Å². The minimum atomic E-state index is -3.94. The van der Waals surface area contributed by atoms with Gasteiger partial charge in [-0.2, -0.15) is 0 Å². The minimum Gasteiger partial charge on any atom is -0.494 e. The number of anilines is 2. The number of methoxy groups -OCH3 is 1. The Morgan fingerprint density at radius 3 is 2.32 bits per heavy atom. The quantitative estimate of drug-likeness (QED) is 0.236. The molecule has 0 spiro atoms. The van der Waals surface area contributed by atoms with E-state index in [1.165, 1.54) is 49.3 Å². The summed E-state index contributed by atoms with van der Waals surface area (Å²) in [6.07, 6.45) is 0.766. The number of nitrogens with two attached hydrogens (primary N) is 1. The van der Waals surface area contributed by atoms with E-state index in [9.17, 15) is 37.1 Å². The van der Waals surface area contributed by atoms with Crippen LogP contribution in [0.2, 0.25) is 0 Å².